The summed E-state index contributed by atoms with van der Waals surface area (Å²) in [5.41, 5.74) is 0.578. The third-order valence-electron chi connectivity index (χ3n) is 2.21. The van der Waals surface area contributed by atoms with Gasteiger partial charge in [0.05, 0.1) is 5.52 Å². The fraction of sp³-hybridized carbons (Fsp3) is 0.182. The van der Waals surface area contributed by atoms with Gasteiger partial charge in [0.15, 0.2) is 0 Å². The summed E-state index contributed by atoms with van der Waals surface area (Å²) in [6.45, 7) is 1.58. The molecule has 0 spiro atoms. The van der Waals surface area contributed by atoms with E-state index in [-0.39, 0.29) is 5.56 Å². The predicted molar refractivity (Wildman–Crippen MR) is 55.1 cm³/mol. The van der Waals surface area contributed by atoms with Crippen molar-refractivity contribution in [3.05, 3.63) is 46.8 Å². The van der Waals surface area contributed by atoms with Crippen LogP contribution in [0.2, 0.25) is 0 Å². The monoisotopic (exact) mass is 189 g/mol. The Bertz CT molecular complexity index is 514. The minimum atomic E-state index is -0.798. The Morgan fingerprint density at radius 2 is 1.93 bits per heavy atom. The molecule has 1 heterocycles. The van der Waals surface area contributed by atoms with E-state index < -0.39 is 6.23 Å². The zero-order valence-electron chi connectivity index (χ0n) is 7.84. The number of rotatable bonds is 1. The summed E-state index contributed by atoms with van der Waals surface area (Å²) in [7, 11) is 0. The van der Waals surface area contributed by atoms with Crippen LogP contribution in [0.4, 0.5) is 0 Å². The summed E-state index contributed by atoms with van der Waals surface area (Å²) in [4.78, 5) is 11.5. The molecule has 0 bridgehead atoms. The first-order valence-corrected chi connectivity index (χ1v) is 4.48. The highest BCUT2D eigenvalue weighted by Crippen LogP contribution is 2.13. The maximum absolute atomic E-state index is 11.5. The van der Waals surface area contributed by atoms with Crippen LogP contribution in [0.3, 0.4) is 0 Å². The Kier molecular flexibility index (Phi) is 2.09. The minimum absolute atomic E-state index is 0.182. The molecule has 1 aromatic carbocycles. The molecule has 0 amide bonds. The summed E-state index contributed by atoms with van der Waals surface area (Å²) in [6.07, 6.45) is -0.798. The average molecular weight is 189 g/mol. The van der Waals surface area contributed by atoms with Crippen molar-refractivity contribution in [2.45, 2.75) is 13.2 Å². The minimum Gasteiger partial charge on any atom is -0.373 e. The fourth-order valence-corrected chi connectivity index (χ4v) is 1.59. The van der Waals surface area contributed by atoms with Crippen LogP contribution in [-0.4, -0.2) is 9.67 Å². The van der Waals surface area contributed by atoms with Gasteiger partial charge < -0.3 is 5.11 Å². The highest BCUT2D eigenvalue weighted by molar-refractivity contribution is 5.78. The molecule has 0 radical (unpaired) electrons. The summed E-state index contributed by atoms with van der Waals surface area (Å²) >= 11 is 0. The van der Waals surface area contributed by atoms with Gasteiger partial charge in [-0.05, 0) is 24.4 Å². The van der Waals surface area contributed by atoms with Gasteiger partial charge in [-0.1, -0.05) is 18.2 Å². The molecule has 0 aliphatic carbocycles. The second-order valence-electron chi connectivity index (χ2n) is 3.23. The van der Waals surface area contributed by atoms with Gasteiger partial charge in [0.2, 0.25) is 0 Å². The molecule has 3 nitrogen and oxygen atoms in total. The van der Waals surface area contributed by atoms with Gasteiger partial charge >= 0.3 is 0 Å². The van der Waals surface area contributed by atoms with Crippen LogP contribution < -0.4 is 5.56 Å². The van der Waals surface area contributed by atoms with E-state index in [1.165, 1.54) is 10.6 Å². The molecular weight excluding hydrogens is 178 g/mol. The van der Waals surface area contributed by atoms with E-state index in [1.54, 1.807) is 13.0 Å². The molecular formula is C11H11NO2. The molecule has 0 saturated carbocycles. The lowest BCUT2D eigenvalue weighted by Crippen LogP contribution is -2.22. The normalized spacial score (nSPS) is 13.0. The summed E-state index contributed by atoms with van der Waals surface area (Å²) < 4.78 is 1.37. The van der Waals surface area contributed by atoms with E-state index in [0.29, 0.717) is 0 Å². The molecule has 1 N–H and O–H groups in total. The van der Waals surface area contributed by atoms with Crippen LogP contribution in [0.5, 0.6) is 0 Å². The Hall–Kier alpha value is -1.61. The highest BCUT2D eigenvalue weighted by atomic mass is 16.3. The standard InChI is InChI=1S/C11H11NO2/c1-8(13)12-10-5-3-2-4-9(10)6-7-11(12)14/h2-8,13H,1H3. The molecule has 1 atom stereocenters. The molecule has 0 saturated heterocycles. The van der Waals surface area contributed by atoms with Crippen molar-refractivity contribution in [3.8, 4) is 0 Å². The Morgan fingerprint density at radius 1 is 1.21 bits per heavy atom. The first-order valence-electron chi connectivity index (χ1n) is 4.48. The Labute approximate surface area is 81.2 Å². The number of hydrogen-bond donors (Lipinski definition) is 1. The number of para-hydroxylation sites is 1. The van der Waals surface area contributed by atoms with Gasteiger partial charge in [-0.15, -0.1) is 0 Å². The van der Waals surface area contributed by atoms with Crippen molar-refractivity contribution in [3.63, 3.8) is 0 Å². The number of aliphatic hydroxyl groups excluding tert-OH is 1. The molecule has 0 fully saturated rings. The maximum Gasteiger partial charge on any atom is 0.253 e. The molecule has 1 unspecified atom stereocenters. The van der Waals surface area contributed by atoms with Gasteiger partial charge in [-0.3, -0.25) is 9.36 Å². The molecule has 0 aliphatic heterocycles. The Morgan fingerprint density at radius 3 is 2.64 bits per heavy atom. The number of benzene rings is 1. The molecule has 1 aromatic heterocycles. The first-order chi connectivity index (χ1) is 6.70. The van der Waals surface area contributed by atoms with Gasteiger partial charge in [-0.2, -0.15) is 0 Å². The average Bonchev–Trinajstić information content (AvgIpc) is 2.17. The number of aromatic nitrogens is 1. The quantitative estimate of drug-likeness (QED) is 0.738. The Balaban J connectivity index is 2.90. The number of hydrogen-bond acceptors (Lipinski definition) is 2. The third-order valence-corrected chi connectivity index (χ3v) is 2.21. The second kappa shape index (κ2) is 3.27. The maximum atomic E-state index is 11.5. The number of aliphatic hydroxyl groups is 1. The van der Waals surface area contributed by atoms with Crippen molar-refractivity contribution in [2.24, 2.45) is 0 Å². The van der Waals surface area contributed by atoms with Gasteiger partial charge in [-0.25, -0.2) is 0 Å². The van der Waals surface area contributed by atoms with Crippen LogP contribution in [0.25, 0.3) is 10.9 Å². The van der Waals surface area contributed by atoms with Crippen LogP contribution in [0.15, 0.2) is 41.2 Å². The smallest absolute Gasteiger partial charge is 0.253 e. The van der Waals surface area contributed by atoms with E-state index in [2.05, 4.69) is 0 Å². The molecule has 72 valence electrons. The van der Waals surface area contributed by atoms with E-state index in [9.17, 15) is 9.90 Å². The SMILES string of the molecule is CC(O)n1c(=O)ccc2ccccc21. The van der Waals surface area contributed by atoms with Crippen molar-refractivity contribution in [2.75, 3.05) is 0 Å². The van der Waals surface area contributed by atoms with Crippen LogP contribution in [0.1, 0.15) is 13.2 Å². The molecule has 2 aromatic rings. The zero-order valence-corrected chi connectivity index (χ0v) is 7.84. The number of pyridine rings is 1. The van der Waals surface area contributed by atoms with Crippen LogP contribution in [-0.2, 0) is 0 Å². The topological polar surface area (TPSA) is 42.2 Å². The molecule has 3 heteroatoms. The molecule has 0 aliphatic rings. The van der Waals surface area contributed by atoms with Gasteiger partial charge in [0, 0.05) is 6.07 Å². The largest absolute Gasteiger partial charge is 0.373 e. The predicted octanol–water partition coefficient (Wildman–Crippen LogP) is 1.51. The zero-order chi connectivity index (χ0) is 10.1. The highest BCUT2D eigenvalue weighted by Gasteiger charge is 2.05. The lowest BCUT2D eigenvalue weighted by atomic mass is 10.2. The summed E-state index contributed by atoms with van der Waals surface area (Å²) in [5.74, 6) is 0. The summed E-state index contributed by atoms with van der Waals surface area (Å²) in [5, 5.41) is 10.4. The van der Waals surface area contributed by atoms with Crippen LogP contribution in [0, 0.1) is 0 Å². The van der Waals surface area contributed by atoms with E-state index >= 15 is 0 Å². The van der Waals surface area contributed by atoms with Crippen LogP contribution >= 0.6 is 0 Å². The number of nitrogens with zero attached hydrogens (tertiary/aromatic N) is 1. The second-order valence-corrected chi connectivity index (χ2v) is 3.23. The lowest BCUT2D eigenvalue weighted by Gasteiger charge is -2.11. The summed E-state index contributed by atoms with van der Waals surface area (Å²) in [6, 6.07) is 10.7. The van der Waals surface area contributed by atoms with Crippen molar-refractivity contribution in [1.29, 1.82) is 0 Å². The van der Waals surface area contributed by atoms with E-state index in [0.717, 1.165) is 10.9 Å². The van der Waals surface area contributed by atoms with Crippen molar-refractivity contribution in [1.82, 2.24) is 4.57 Å². The molecule has 2 rings (SSSR count). The van der Waals surface area contributed by atoms with Gasteiger partial charge in [0.1, 0.15) is 6.23 Å². The first kappa shape index (κ1) is 8.97. The van der Waals surface area contributed by atoms with Crippen molar-refractivity contribution >= 4 is 10.9 Å². The van der Waals surface area contributed by atoms with E-state index in [1.807, 2.05) is 24.3 Å². The number of fused-ring (bicyclic) bond motifs is 1. The van der Waals surface area contributed by atoms with E-state index in [4.69, 9.17) is 0 Å². The molecule has 14 heavy (non-hydrogen) atoms. The van der Waals surface area contributed by atoms with Gasteiger partial charge in [0.25, 0.3) is 5.56 Å². The third kappa shape index (κ3) is 1.32. The van der Waals surface area contributed by atoms with Crippen molar-refractivity contribution < 1.29 is 5.11 Å². The lowest BCUT2D eigenvalue weighted by molar-refractivity contribution is 0.125. The fourth-order valence-electron chi connectivity index (χ4n) is 1.59.